The fourth-order valence-electron chi connectivity index (χ4n) is 3.25. The zero-order chi connectivity index (χ0) is 26.7. The maximum atomic E-state index is 13.2. The van der Waals surface area contributed by atoms with Gasteiger partial charge in [-0.25, -0.2) is 0 Å². The van der Waals surface area contributed by atoms with Crippen LogP contribution >= 0.6 is 0 Å². The molecule has 0 aliphatic carbocycles. The summed E-state index contributed by atoms with van der Waals surface area (Å²) >= 11 is 0. The van der Waals surface area contributed by atoms with E-state index in [1.54, 1.807) is 30.3 Å². The molecule has 12 nitrogen and oxygen atoms in total. The van der Waals surface area contributed by atoms with Crippen molar-refractivity contribution in [3.63, 3.8) is 0 Å². The average molecular weight is 501 g/mol. The summed E-state index contributed by atoms with van der Waals surface area (Å²) in [5.74, 6) is -4.96. The molecule has 0 saturated carbocycles. The number of nitrogens with one attached hydrogen (secondary N) is 3. The predicted octanol–water partition coefficient (Wildman–Crippen LogP) is -0.850. The van der Waals surface area contributed by atoms with Crippen LogP contribution < -0.4 is 21.7 Å². The van der Waals surface area contributed by atoms with E-state index in [-0.39, 0.29) is 18.6 Å². The van der Waals surface area contributed by atoms with Crippen LogP contribution in [0.25, 0.3) is 0 Å². The number of hydrogen-bond acceptors (Lipinski definition) is 7. The number of nitrogens with two attached hydrogens (primary N) is 1. The molecular formula is C24H28N4O8. The number of phenolic OH excluding ortho intramolecular Hbond substituents is 1. The van der Waals surface area contributed by atoms with Gasteiger partial charge in [-0.2, -0.15) is 0 Å². The number of carboxylic acid groups (broad SMARTS) is 2. The molecule has 2 aromatic rings. The van der Waals surface area contributed by atoms with Crippen LogP contribution in [-0.2, 0) is 36.8 Å². The lowest BCUT2D eigenvalue weighted by Gasteiger charge is -2.24. The largest absolute Gasteiger partial charge is 0.508 e. The highest BCUT2D eigenvalue weighted by atomic mass is 16.4. The van der Waals surface area contributed by atoms with Crippen molar-refractivity contribution in [3.8, 4) is 5.75 Å². The summed E-state index contributed by atoms with van der Waals surface area (Å²) in [5, 5.41) is 34.4. The number of carboxylic acids is 2. The van der Waals surface area contributed by atoms with Gasteiger partial charge in [-0.1, -0.05) is 42.5 Å². The third kappa shape index (κ3) is 9.43. The number of phenols is 1. The van der Waals surface area contributed by atoms with E-state index in [0.717, 1.165) is 0 Å². The molecule has 3 atom stereocenters. The van der Waals surface area contributed by atoms with Crippen LogP contribution in [0.1, 0.15) is 17.5 Å². The van der Waals surface area contributed by atoms with E-state index in [1.807, 2.05) is 0 Å². The van der Waals surface area contributed by atoms with Crippen molar-refractivity contribution in [1.82, 2.24) is 16.0 Å². The molecule has 2 aromatic carbocycles. The summed E-state index contributed by atoms with van der Waals surface area (Å²) in [6, 6.07) is 10.7. The molecule has 0 heterocycles. The number of carbonyl (C=O) groups is 5. The first-order chi connectivity index (χ1) is 17.0. The highest BCUT2D eigenvalue weighted by Crippen LogP contribution is 2.12. The number of hydrogen-bond donors (Lipinski definition) is 7. The molecule has 8 N–H and O–H groups in total. The van der Waals surface area contributed by atoms with Crippen molar-refractivity contribution < 1.29 is 39.3 Å². The third-order valence-electron chi connectivity index (χ3n) is 5.07. The van der Waals surface area contributed by atoms with Gasteiger partial charge in [-0.05, 0) is 23.3 Å². The lowest BCUT2D eigenvalue weighted by molar-refractivity contribution is -0.139. The summed E-state index contributed by atoms with van der Waals surface area (Å²) in [6.45, 7) is -0.672. The van der Waals surface area contributed by atoms with Crippen molar-refractivity contribution in [2.45, 2.75) is 37.4 Å². The van der Waals surface area contributed by atoms with Gasteiger partial charge >= 0.3 is 11.9 Å². The Morgan fingerprint density at radius 1 is 0.722 bits per heavy atom. The van der Waals surface area contributed by atoms with Gasteiger partial charge in [0.1, 0.15) is 24.4 Å². The topological polar surface area (TPSA) is 208 Å². The SMILES string of the molecule is NC(CC(=O)O)C(=O)NC(Cc1ccccc1)C(=O)NC(Cc1ccc(O)cc1)C(=O)NCC(=O)O. The van der Waals surface area contributed by atoms with Gasteiger partial charge < -0.3 is 37.0 Å². The Kier molecular flexibility index (Phi) is 10.4. The Morgan fingerprint density at radius 3 is 1.81 bits per heavy atom. The van der Waals surface area contributed by atoms with Crippen molar-refractivity contribution >= 4 is 29.7 Å². The lowest BCUT2D eigenvalue weighted by Crippen LogP contribution is -2.57. The quantitative estimate of drug-likeness (QED) is 0.182. The smallest absolute Gasteiger partial charge is 0.322 e. The van der Waals surface area contributed by atoms with Crippen molar-refractivity contribution in [3.05, 3.63) is 65.7 Å². The maximum absolute atomic E-state index is 13.2. The van der Waals surface area contributed by atoms with Crippen molar-refractivity contribution in [2.75, 3.05) is 6.54 Å². The first kappa shape index (κ1) is 27.8. The molecule has 12 heteroatoms. The van der Waals surface area contributed by atoms with Gasteiger partial charge in [-0.15, -0.1) is 0 Å². The molecular weight excluding hydrogens is 472 g/mol. The van der Waals surface area contributed by atoms with E-state index >= 15 is 0 Å². The van der Waals surface area contributed by atoms with Crippen LogP contribution in [0.4, 0.5) is 0 Å². The molecule has 0 fully saturated rings. The van der Waals surface area contributed by atoms with E-state index in [4.69, 9.17) is 15.9 Å². The summed E-state index contributed by atoms with van der Waals surface area (Å²) < 4.78 is 0. The molecule has 3 amide bonds. The fourth-order valence-corrected chi connectivity index (χ4v) is 3.25. The second kappa shape index (κ2) is 13.4. The zero-order valence-corrected chi connectivity index (χ0v) is 19.2. The highest BCUT2D eigenvalue weighted by Gasteiger charge is 2.29. The molecule has 0 saturated heterocycles. The van der Waals surface area contributed by atoms with Crippen molar-refractivity contribution in [1.29, 1.82) is 0 Å². The summed E-state index contributed by atoms with van der Waals surface area (Å²) in [6.07, 6.45) is -0.671. The van der Waals surface area contributed by atoms with Gasteiger partial charge in [0.15, 0.2) is 0 Å². The van der Waals surface area contributed by atoms with Gasteiger partial charge in [0.2, 0.25) is 17.7 Å². The van der Waals surface area contributed by atoms with E-state index in [1.165, 1.54) is 24.3 Å². The highest BCUT2D eigenvalue weighted by molar-refractivity contribution is 5.94. The van der Waals surface area contributed by atoms with E-state index < -0.39 is 60.8 Å². The third-order valence-corrected chi connectivity index (χ3v) is 5.07. The predicted molar refractivity (Wildman–Crippen MR) is 127 cm³/mol. The van der Waals surface area contributed by atoms with Crippen LogP contribution in [0.5, 0.6) is 5.75 Å². The lowest BCUT2D eigenvalue weighted by atomic mass is 10.0. The van der Waals surface area contributed by atoms with Crippen LogP contribution in [0.2, 0.25) is 0 Å². The normalized spacial score (nSPS) is 13.0. The molecule has 3 unspecified atom stereocenters. The second-order valence-corrected chi connectivity index (χ2v) is 8.00. The van der Waals surface area contributed by atoms with Gasteiger partial charge in [-0.3, -0.25) is 24.0 Å². The number of benzene rings is 2. The second-order valence-electron chi connectivity index (χ2n) is 8.00. The van der Waals surface area contributed by atoms with Gasteiger partial charge in [0.05, 0.1) is 12.5 Å². The van der Waals surface area contributed by atoms with Crippen LogP contribution in [-0.4, -0.2) is 69.7 Å². The number of aliphatic carboxylic acids is 2. The molecule has 0 spiro atoms. The number of amides is 3. The first-order valence-corrected chi connectivity index (χ1v) is 10.9. The van der Waals surface area contributed by atoms with Gasteiger partial charge in [0.25, 0.3) is 0 Å². The molecule has 0 aromatic heterocycles. The zero-order valence-electron chi connectivity index (χ0n) is 19.2. The number of carbonyl (C=O) groups excluding carboxylic acids is 3. The van der Waals surface area contributed by atoms with E-state index in [0.29, 0.717) is 11.1 Å². The maximum Gasteiger partial charge on any atom is 0.322 e. The molecule has 0 aliphatic rings. The Balaban J connectivity index is 2.25. The summed E-state index contributed by atoms with van der Waals surface area (Å²) in [7, 11) is 0. The van der Waals surface area contributed by atoms with Crippen LogP contribution in [0, 0.1) is 0 Å². The van der Waals surface area contributed by atoms with Gasteiger partial charge in [0, 0.05) is 12.8 Å². The Morgan fingerprint density at radius 2 is 1.25 bits per heavy atom. The molecule has 0 bridgehead atoms. The minimum Gasteiger partial charge on any atom is -0.508 e. The molecule has 2 rings (SSSR count). The Labute approximate surface area is 206 Å². The fraction of sp³-hybridized carbons (Fsp3) is 0.292. The molecule has 192 valence electrons. The minimum atomic E-state index is -1.40. The Hall–Kier alpha value is -4.45. The molecule has 0 aliphatic heterocycles. The van der Waals surface area contributed by atoms with Crippen LogP contribution in [0.3, 0.4) is 0 Å². The average Bonchev–Trinajstić information content (AvgIpc) is 2.83. The number of aromatic hydroxyl groups is 1. The van der Waals surface area contributed by atoms with Crippen molar-refractivity contribution in [2.24, 2.45) is 5.73 Å². The monoisotopic (exact) mass is 500 g/mol. The molecule has 0 radical (unpaired) electrons. The number of rotatable bonds is 13. The Bertz CT molecular complexity index is 1080. The summed E-state index contributed by atoms with van der Waals surface area (Å²) in [4.78, 5) is 60.1. The first-order valence-electron chi connectivity index (χ1n) is 10.9. The van der Waals surface area contributed by atoms with E-state index in [9.17, 15) is 29.1 Å². The summed E-state index contributed by atoms with van der Waals surface area (Å²) in [5.41, 5.74) is 6.87. The molecule has 36 heavy (non-hydrogen) atoms. The van der Waals surface area contributed by atoms with E-state index in [2.05, 4.69) is 16.0 Å². The van der Waals surface area contributed by atoms with Crippen LogP contribution in [0.15, 0.2) is 54.6 Å². The minimum absolute atomic E-state index is 0.00185. The standard InChI is InChI=1S/C24H28N4O8/c25-17(12-20(30)31)22(34)27-19(10-14-4-2-1-3-5-14)24(36)28-18(23(35)26-13-21(32)33)11-15-6-8-16(29)9-7-15/h1-9,17-19,29H,10-13,25H2,(H,26,35)(H,27,34)(H,28,36)(H,30,31)(H,32,33).